The number of carbonyl (C=O) groups excluding carboxylic acids is 1. The van der Waals surface area contributed by atoms with Crippen molar-refractivity contribution in [3.8, 4) is 9.88 Å². The van der Waals surface area contributed by atoms with E-state index in [0.717, 1.165) is 21.1 Å². The molecule has 23 heavy (non-hydrogen) atoms. The molecular weight excluding hydrogens is 324 g/mol. The molecule has 3 rings (SSSR count). The molecule has 0 aliphatic carbocycles. The SMILES string of the molecule is Cc1ccc(CC(=O)NCc2sc(-c3cccs3)nc2C)cc1. The highest BCUT2D eigenvalue weighted by atomic mass is 32.1. The van der Waals surface area contributed by atoms with E-state index in [4.69, 9.17) is 0 Å². The molecule has 0 aliphatic heterocycles. The fourth-order valence-corrected chi connectivity index (χ4v) is 4.03. The topological polar surface area (TPSA) is 42.0 Å². The summed E-state index contributed by atoms with van der Waals surface area (Å²) in [5.74, 6) is 0.0410. The largest absolute Gasteiger partial charge is 0.351 e. The predicted molar refractivity (Wildman–Crippen MR) is 96.9 cm³/mol. The third-order valence-electron chi connectivity index (χ3n) is 3.56. The van der Waals surface area contributed by atoms with E-state index in [0.29, 0.717) is 13.0 Å². The molecule has 1 aromatic carbocycles. The average Bonchev–Trinajstić information content (AvgIpc) is 3.17. The van der Waals surface area contributed by atoms with Gasteiger partial charge in [0.15, 0.2) is 0 Å². The number of nitrogens with one attached hydrogen (secondary N) is 1. The Hall–Kier alpha value is -1.98. The molecule has 0 atom stereocenters. The van der Waals surface area contributed by atoms with Crippen LogP contribution in [0.5, 0.6) is 0 Å². The lowest BCUT2D eigenvalue weighted by atomic mass is 10.1. The molecule has 118 valence electrons. The minimum atomic E-state index is 0.0410. The van der Waals surface area contributed by atoms with Gasteiger partial charge >= 0.3 is 0 Å². The Bertz CT molecular complexity index is 789. The van der Waals surface area contributed by atoms with Crippen molar-refractivity contribution in [2.75, 3.05) is 0 Å². The standard InChI is InChI=1S/C18H18N2OS2/c1-12-5-7-14(8-6-12)10-17(21)19-11-16-13(2)20-18(23-16)15-4-3-9-22-15/h3-9H,10-11H2,1-2H3,(H,19,21). The molecule has 2 aromatic heterocycles. The van der Waals surface area contributed by atoms with Gasteiger partial charge in [-0.15, -0.1) is 22.7 Å². The molecule has 0 saturated heterocycles. The number of nitrogens with zero attached hydrogens (tertiary/aromatic N) is 1. The van der Waals surface area contributed by atoms with E-state index >= 15 is 0 Å². The maximum Gasteiger partial charge on any atom is 0.224 e. The Labute approximate surface area is 144 Å². The van der Waals surface area contributed by atoms with Crippen LogP contribution in [-0.4, -0.2) is 10.9 Å². The molecule has 0 unspecified atom stereocenters. The lowest BCUT2D eigenvalue weighted by Crippen LogP contribution is -2.24. The Morgan fingerprint density at radius 1 is 1.17 bits per heavy atom. The van der Waals surface area contributed by atoms with E-state index < -0.39 is 0 Å². The summed E-state index contributed by atoms with van der Waals surface area (Å²) < 4.78 is 0. The molecule has 5 heteroatoms. The normalized spacial score (nSPS) is 10.7. The second kappa shape index (κ2) is 7.06. The summed E-state index contributed by atoms with van der Waals surface area (Å²) in [6, 6.07) is 12.2. The van der Waals surface area contributed by atoms with Crippen LogP contribution in [-0.2, 0) is 17.8 Å². The number of aromatic nitrogens is 1. The molecule has 0 radical (unpaired) electrons. The van der Waals surface area contributed by atoms with Gasteiger partial charge in [0, 0.05) is 4.88 Å². The highest BCUT2D eigenvalue weighted by Crippen LogP contribution is 2.30. The second-order valence-corrected chi connectivity index (χ2v) is 7.48. The first-order chi connectivity index (χ1) is 11.1. The van der Waals surface area contributed by atoms with Crippen molar-refractivity contribution < 1.29 is 4.79 Å². The van der Waals surface area contributed by atoms with E-state index in [1.165, 1.54) is 10.4 Å². The Morgan fingerprint density at radius 2 is 1.96 bits per heavy atom. The molecule has 0 aliphatic rings. The maximum atomic E-state index is 12.1. The van der Waals surface area contributed by atoms with Gasteiger partial charge in [0.2, 0.25) is 5.91 Å². The number of hydrogen-bond donors (Lipinski definition) is 1. The Morgan fingerprint density at radius 3 is 2.65 bits per heavy atom. The highest BCUT2D eigenvalue weighted by Gasteiger charge is 2.11. The zero-order valence-electron chi connectivity index (χ0n) is 13.1. The van der Waals surface area contributed by atoms with Crippen molar-refractivity contribution in [2.45, 2.75) is 26.8 Å². The van der Waals surface area contributed by atoms with Gasteiger partial charge in [-0.3, -0.25) is 4.79 Å². The predicted octanol–water partition coefficient (Wildman–Crippen LogP) is 4.35. The van der Waals surface area contributed by atoms with Crippen molar-refractivity contribution in [2.24, 2.45) is 0 Å². The van der Waals surface area contributed by atoms with Crippen LogP contribution in [0.4, 0.5) is 0 Å². The number of aryl methyl sites for hydroxylation is 2. The van der Waals surface area contributed by atoms with Gasteiger partial charge in [0.25, 0.3) is 0 Å². The van der Waals surface area contributed by atoms with E-state index in [1.54, 1.807) is 22.7 Å². The number of amides is 1. The lowest BCUT2D eigenvalue weighted by Gasteiger charge is -2.04. The summed E-state index contributed by atoms with van der Waals surface area (Å²) in [4.78, 5) is 19.0. The van der Waals surface area contributed by atoms with Crippen LogP contribution in [0.1, 0.15) is 21.7 Å². The molecule has 1 amide bonds. The van der Waals surface area contributed by atoms with Crippen LogP contribution in [0.3, 0.4) is 0 Å². The summed E-state index contributed by atoms with van der Waals surface area (Å²) in [7, 11) is 0. The minimum absolute atomic E-state index is 0.0410. The molecule has 0 saturated carbocycles. The monoisotopic (exact) mass is 342 g/mol. The summed E-state index contributed by atoms with van der Waals surface area (Å²) in [5, 5.41) is 6.08. The van der Waals surface area contributed by atoms with Gasteiger partial charge in [0.1, 0.15) is 5.01 Å². The van der Waals surface area contributed by atoms with Gasteiger partial charge in [-0.2, -0.15) is 0 Å². The molecule has 0 bridgehead atoms. The van der Waals surface area contributed by atoms with Crippen LogP contribution in [0.15, 0.2) is 41.8 Å². The fourth-order valence-electron chi connectivity index (χ4n) is 2.23. The fraction of sp³-hybridized carbons (Fsp3) is 0.222. The van der Waals surface area contributed by atoms with E-state index in [-0.39, 0.29) is 5.91 Å². The van der Waals surface area contributed by atoms with Crippen LogP contribution in [0, 0.1) is 13.8 Å². The molecule has 1 N–H and O–H groups in total. The highest BCUT2D eigenvalue weighted by molar-refractivity contribution is 7.21. The zero-order chi connectivity index (χ0) is 16.2. The van der Waals surface area contributed by atoms with Gasteiger partial charge in [0.05, 0.1) is 23.5 Å². The van der Waals surface area contributed by atoms with Crippen LogP contribution in [0.2, 0.25) is 0 Å². The molecule has 3 nitrogen and oxygen atoms in total. The lowest BCUT2D eigenvalue weighted by molar-refractivity contribution is -0.120. The molecule has 0 spiro atoms. The van der Waals surface area contributed by atoms with Crippen molar-refractivity contribution in [1.29, 1.82) is 0 Å². The maximum absolute atomic E-state index is 12.1. The molecular formula is C18H18N2OS2. The van der Waals surface area contributed by atoms with Gasteiger partial charge < -0.3 is 5.32 Å². The van der Waals surface area contributed by atoms with Crippen molar-refractivity contribution in [1.82, 2.24) is 10.3 Å². The van der Waals surface area contributed by atoms with Crippen LogP contribution < -0.4 is 5.32 Å². The molecule has 0 fully saturated rings. The Balaban J connectivity index is 1.59. The molecule has 2 heterocycles. The van der Waals surface area contributed by atoms with Gasteiger partial charge in [-0.1, -0.05) is 35.9 Å². The second-order valence-electron chi connectivity index (χ2n) is 5.44. The van der Waals surface area contributed by atoms with Gasteiger partial charge in [-0.05, 0) is 30.9 Å². The van der Waals surface area contributed by atoms with Crippen molar-refractivity contribution >= 4 is 28.6 Å². The Kier molecular flexibility index (Phi) is 4.88. The zero-order valence-corrected chi connectivity index (χ0v) is 14.8. The first-order valence-corrected chi connectivity index (χ1v) is 9.14. The third-order valence-corrected chi connectivity index (χ3v) is 5.75. The first kappa shape index (κ1) is 15.9. The van der Waals surface area contributed by atoms with Crippen LogP contribution >= 0.6 is 22.7 Å². The van der Waals surface area contributed by atoms with E-state index in [1.807, 2.05) is 44.2 Å². The number of thiazole rings is 1. The summed E-state index contributed by atoms with van der Waals surface area (Å²) in [5.41, 5.74) is 3.23. The minimum Gasteiger partial charge on any atom is -0.351 e. The molecule has 3 aromatic rings. The van der Waals surface area contributed by atoms with Crippen LogP contribution in [0.25, 0.3) is 9.88 Å². The van der Waals surface area contributed by atoms with Gasteiger partial charge in [-0.25, -0.2) is 4.98 Å². The average molecular weight is 342 g/mol. The summed E-state index contributed by atoms with van der Waals surface area (Å²) in [6.07, 6.45) is 0.413. The smallest absolute Gasteiger partial charge is 0.224 e. The van der Waals surface area contributed by atoms with Crippen molar-refractivity contribution in [3.05, 3.63) is 63.5 Å². The summed E-state index contributed by atoms with van der Waals surface area (Å²) >= 11 is 3.34. The number of hydrogen-bond acceptors (Lipinski definition) is 4. The number of carbonyl (C=O) groups is 1. The number of rotatable bonds is 5. The summed E-state index contributed by atoms with van der Waals surface area (Å²) in [6.45, 7) is 4.58. The quantitative estimate of drug-likeness (QED) is 0.749. The number of benzene rings is 1. The third kappa shape index (κ3) is 4.06. The number of thiophene rings is 1. The van der Waals surface area contributed by atoms with E-state index in [2.05, 4.69) is 21.7 Å². The van der Waals surface area contributed by atoms with Crippen molar-refractivity contribution in [3.63, 3.8) is 0 Å². The first-order valence-electron chi connectivity index (χ1n) is 7.44. The van der Waals surface area contributed by atoms with E-state index in [9.17, 15) is 4.79 Å².